The second-order valence-electron chi connectivity index (χ2n) is 8.30. The molecule has 2 rings (SSSR count). The molecule has 1 aromatic rings. The second kappa shape index (κ2) is 10.0. The van der Waals surface area contributed by atoms with Crippen molar-refractivity contribution in [2.45, 2.75) is 53.2 Å². The molecule has 0 aromatic heterocycles. The lowest BCUT2D eigenvalue weighted by Crippen LogP contribution is -2.50. The van der Waals surface area contributed by atoms with E-state index in [2.05, 4.69) is 36.6 Å². The predicted molar refractivity (Wildman–Crippen MR) is 114 cm³/mol. The molecule has 1 amide bonds. The summed E-state index contributed by atoms with van der Waals surface area (Å²) in [4.78, 5) is 18.7. The smallest absolute Gasteiger partial charge is 0.410 e. The Morgan fingerprint density at radius 3 is 2.29 bits per heavy atom. The zero-order valence-corrected chi connectivity index (χ0v) is 18.4. The number of hydrogen-bond donors (Lipinski definition) is 0. The maximum absolute atomic E-state index is 12.3. The number of para-hydroxylation sites is 2. The highest BCUT2D eigenvalue weighted by Crippen LogP contribution is 2.29. The number of likely N-dealkylation sites (N-methyl/N-ethyl adjacent to an activating group) is 1. The number of nitrogens with zero attached hydrogens (tertiary/aromatic N) is 3. The van der Waals surface area contributed by atoms with Crippen LogP contribution in [0.5, 0.6) is 5.75 Å². The summed E-state index contributed by atoms with van der Waals surface area (Å²) in [6.07, 6.45) is -0.232. The summed E-state index contributed by atoms with van der Waals surface area (Å²) in [7, 11) is 0. The summed E-state index contributed by atoms with van der Waals surface area (Å²) in [5.74, 6) is 0.909. The average molecular weight is 392 g/mol. The molecule has 0 spiro atoms. The number of rotatable bonds is 7. The van der Waals surface area contributed by atoms with Crippen LogP contribution >= 0.6 is 0 Å². The molecule has 6 nitrogen and oxygen atoms in total. The topological polar surface area (TPSA) is 45.2 Å². The van der Waals surface area contributed by atoms with Crippen LogP contribution in [0.3, 0.4) is 0 Å². The van der Waals surface area contributed by atoms with Gasteiger partial charge in [0.05, 0.1) is 5.69 Å². The Balaban J connectivity index is 1.95. The SMILES string of the molecule is CCN(CC)C(C)COc1ccccc1N1CCN(C(=O)OC(C)(C)C)CC1. The summed E-state index contributed by atoms with van der Waals surface area (Å²) < 4.78 is 11.7. The van der Waals surface area contributed by atoms with Crippen LogP contribution in [0.2, 0.25) is 0 Å². The minimum Gasteiger partial charge on any atom is -0.490 e. The van der Waals surface area contributed by atoms with Crippen molar-refractivity contribution in [2.75, 3.05) is 50.8 Å². The van der Waals surface area contributed by atoms with Crippen LogP contribution in [0.4, 0.5) is 10.5 Å². The van der Waals surface area contributed by atoms with Crippen molar-refractivity contribution in [1.29, 1.82) is 0 Å². The highest BCUT2D eigenvalue weighted by atomic mass is 16.6. The van der Waals surface area contributed by atoms with E-state index in [1.165, 1.54) is 0 Å². The highest BCUT2D eigenvalue weighted by molar-refractivity contribution is 5.69. The fourth-order valence-electron chi connectivity index (χ4n) is 3.46. The summed E-state index contributed by atoms with van der Waals surface area (Å²) in [5.41, 5.74) is 0.633. The number of hydrogen-bond acceptors (Lipinski definition) is 5. The van der Waals surface area contributed by atoms with E-state index >= 15 is 0 Å². The van der Waals surface area contributed by atoms with E-state index in [0.717, 1.165) is 37.6 Å². The third-order valence-electron chi connectivity index (χ3n) is 5.05. The van der Waals surface area contributed by atoms with Crippen LogP contribution in [-0.2, 0) is 4.74 Å². The zero-order chi connectivity index (χ0) is 20.7. The van der Waals surface area contributed by atoms with Crippen LogP contribution < -0.4 is 9.64 Å². The second-order valence-corrected chi connectivity index (χ2v) is 8.30. The molecule has 0 radical (unpaired) electrons. The Morgan fingerprint density at radius 1 is 1.11 bits per heavy atom. The molecule has 0 saturated carbocycles. The van der Waals surface area contributed by atoms with E-state index in [1.54, 1.807) is 4.90 Å². The Bertz CT molecular complexity index is 618. The predicted octanol–water partition coefficient (Wildman–Crippen LogP) is 3.85. The molecule has 1 heterocycles. The standard InChI is InChI=1S/C22H37N3O3/c1-7-23(8-2)18(3)17-27-20-12-10-9-11-19(20)24-13-15-25(16-14-24)21(26)28-22(4,5)6/h9-12,18H,7-8,13-17H2,1-6H3. The first-order valence-electron chi connectivity index (χ1n) is 10.4. The molecule has 0 N–H and O–H groups in total. The average Bonchev–Trinajstić information content (AvgIpc) is 2.66. The summed E-state index contributed by atoms with van der Waals surface area (Å²) >= 11 is 0. The van der Waals surface area contributed by atoms with Crippen LogP contribution in [0.1, 0.15) is 41.5 Å². The molecule has 1 saturated heterocycles. The first-order chi connectivity index (χ1) is 13.2. The van der Waals surface area contributed by atoms with E-state index in [-0.39, 0.29) is 6.09 Å². The molecule has 1 atom stereocenters. The first kappa shape index (κ1) is 22.3. The Labute approximate surface area is 170 Å². The van der Waals surface area contributed by atoms with Gasteiger partial charge in [0.15, 0.2) is 0 Å². The zero-order valence-electron chi connectivity index (χ0n) is 18.4. The van der Waals surface area contributed by atoms with Gasteiger partial charge in [0.2, 0.25) is 0 Å². The van der Waals surface area contributed by atoms with Crippen molar-refractivity contribution in [3.63, 3.8) is 0 Å². The molecule has 0 aliphatic carbocycles. The van der Waals surface area contributed by atoms with Gasteiger partial charge >= 0.3 is 6.09 Å². The van der Waals surface area contributed by atoms with Gasteiger partial charge < -0.3 is 19.3 Å². The number of ether oxygens (including phenoxy) is 2. The third kappa shape index (κ3) is 6.30. The highest BCUT2D eigenvalue weighted by Gasteiger charge is 2.27. The van der Waals surface area contributed by atoms with Gasteiger partial charge in [-0.05, 0) is 52.9 Å². The summed E-state index contributed by atoms with van der Waals surface area (Å²) in [5, 5.41) is 0. The largest absolute Gasteiger partial charge is 0.490 e. The van der Waals surface area contributed by atoms with E-state index in [0.29, 0.717) is 25.7 Å². The summed E-state index contributed by atoms with van der Waals surface area (Å²) in [6, 6.07) is 8.55. The molecule has 158 valence electrons. The number of amides is 1. The molecule has 1 aliphatic rings. The fraction of sp³-hybridized carbons (Fsp3) is 0.682. The van der Waals surface area contributed by atoms with Gasteiger partial charge in [0.1, 0.15) is 18.0 Å². The lowest BCUT2D eigenvalue weighted by atomic mass is 10.2. The Kier molecular flexibility index (Phi) is 7.98. The van der Waals surface area contributed by atoms with Gasteiger partial charge in [-0.15, -0.1) is 0 Å². The maximum Gasteiger partial charge on any atom is 0.410 e. The fourth-order valence-corrected chi connectivity index (χ4v) is 3.46. The number of carbonyl (C=O) groups is 1. The van der Waals surface area contributed by atoms with Gasteiger partial charge in [-0.1, -0.05) is 26.0 Å². The minimum absolute atomic E-state index is 0.232. The number of anilines is 1. The van der Waals surface area contributed by atoms with Gasteiger partial charge in [0, 0.05) is 32.2 Å². The first-order valence-corrected chi connectivity index (χ1v) is 10.4. The number of carbonyl (C=O) groups excluding carboxylic acids is 1. The van der Waals surface area contributed by atoms with Crippen LogP contribution in [0, 0.1) is 0 Å². The van der Waals surface area contributed by atoms with E-state index in [9.17, 15) is 4.79 Å². The van der Waals surface area contributed by atoms with Gasteiger partial charge in [-0.3, -0.25) is 4.90 Å². The third-order valence-corrected chi connectivity index (χ3v) is 5.05. The van der Waals surface area contributed by atoms with E-state index in [1.807, 2.05) is 39.0 Å². The molecule has 0 bridgehead atoms. The lowest BCUT2D eigenvalue weighted by molar-refractivity contribution is 0.0240. The van der Waals surface area contributed by atoms with Crippen LogP contribution in [-0.4, -0.2) is 73.4 Å². The number of piperazine rings is 1. The van der Waals surface area contributed by atoms with Crippen molar-refractivity contribution < 1.29 is 14.3 Å². The van der Waals surface area contributed by atoms with Crippen molar-refractivity contribution in [3.8, 4) is 5.75 Å². The van der Waals surface area contributed by atoms with Crippen molar-refractivity contribution in [1.82, 2.24) is 9.80 Å². The maximum atomic E-state index is 12.3. The molecule has 1 unspecified atom stereocenters. The lowest BCUT2D eigenvalue weighted by Gasteiger charge is -2.37. The van der Waals surface area contributed by atoms with Crippen molar-refractivity contribution >= 4 is 11.8 Å². The molecular formula is C22H37N3O3. The molecule has 1 aliphatic heterocycles. The normalized spacial score (nSPS) is 16.2. The Morgan fingerprint density at radius 2 is 1.71 bits per heavy atom. The van der Waals surface area contributed by atoms with E-state index < -0.39 is 5.60 Å². The quantitative estimate of drug-likeness (QED) is 0.706. The van der Waals surface area contributed by atoms with Crippen molar-refractivity contribution in [2.24, 2.45) is 0 Å². The van der Waals surface area contributed by atoms with E-state index in [4.69, 9.17) is 9.47 Å². The van der Waals surface area contributed by atoms with Gasteiger partial charge in [-0.25, -0.2) is 4.79 Å². The van der Waals surface area contributed by atoms with Crippen molar-refractivity contribution in [3.05, 3.63) is 24.3 Å². The summed E-state index contributed by atoms with van der Waals surface area (Å²) in [6.45, 7) is 17.8. The molecule has 1 fully saturated rings. The molecule has 28 heavy (non-hydrogen) atoms. The van der Waals surface area contributed by atoms with Gasteiger partial charge in [0.25, 0.3) is 0 Å². The molecule has 1 aromatic carbocycles. The molecular weight excluding hydrogens is 354 g/mol. The van der Waals surface area contributed by atoms with Crippen LogP contribution in [0.25, 0.3) is 0 Å². The number of benzene rings is 1. The Hall–Kier alpha value is -1.95. The van der Waals surface area contributed by atoms with Crippen LogP contribution in [0.15, 0.2) is 24.3 Å². The monoisotopic (exact) mass is 391 g/mol. The minimum atomic E-state index is -0.462. The van der Waals surface area contributed by atoms with Gasteiger partial charge in [-0.2, -0.15) is 0 Å². The molecule has 6 heteroatoms.